The number of hydrogen-bond acceptors (Lipinski definition) is 3. The summed E-state index contributed by atoms with van der Waals surface area (Å²) >= 11 is 0. The molecule has 2 amide bonds. The van der Waals surface area contributed by atoms with Gasteiger partial charge in [-0.25, -0.2) is 0 Å². The van der Waals surface area contributed by atoms with Crippen molar-refractivity contribution in [2.75, 3.05) is 25.0 Å². The minimum atomic E-state index is -0.375. The fourth-order valence-corrected chi connectivity index (χ4v) is 2.37. The zero-order valence-corrected chi connectivity index (χ0v) is 12.7. The molecule has 1 aromatic carbocycles. The molecule has 2 rings (SSSR count). The van der Waals surface area contributed by atoms with Gasteiger partial charge in [0, 0.05) is 24.3 Å². The maximum absolute atomic E-state index is 12.3. The standard InChI is InChI=1S/C16H23N3O2/c1-3-8-18-14(20)12-5-4-6-13(10-12)19-15(21)16(2)7-9-17-11-16/h4-6,10,17H,3,7-9,11H2,1-2H3,(H,18,20)(H,19,21). The molecule has 1 saturated heterocycles. The molecule has 0 saturated carbocycles. The van der Waals surface area contributed by atoms with Crippen LogP contribution in [0.5, 0.6) is 0 Å². The number of amides is 2. The van der Waals surface area contributed by atoms with E-state index >= 15 is 0 Å². The van der Waals surface area contributed by atoms with Crippen LogP contribution in [-0.4, -0.2) is 31.4 Å². The molecule has 0 spiro atoms. The number of carbonyl (C=O) groups excluding carboxylic acids is 2. The molecule has 114 valence electrons. The van der Waals surface area contributed by atoms with E-state index < -0.39 is 0 Å². The first kappa shape index (κ1) is 15.5. The normalized spacial score (nSPS) is 21.0. The highest BCUT2D eigenvalue weighted by Gasteiger charge is 2.36. The summed E-state index contributed by atoms with van der Waals surface area (Å²) in [6.07, 6.45) is 1.73. The van der Waals surface area contributed by atoms with Gasteiger partial charge in [0.1, 0.15) is 0 Å². The predicted molar refractivity (Wildman–Crippen MR) is 83.3 cm³/mol. The maximum atomic E-state index is 12.3. The number of rotatable bonds is 5. The van der Waals surface area contributed by atoms with E-state index in [0.717, 1.165) is 19.4 Å². The first-order valence-electron chi connectivity index (χ1n) is 7.45. The quantitative estimate of drug-likeness (QED) is 0.773. The van der Waals surface area contributed by atoms with Gasteiger partial charge in [0.2, 0.25) is 5.91 Å². The zero-order chi connectivity index (χ0) is 15.3. The summed E-state index contributed by atoms with van der Waals surface area (Å²) in [6, 6.07) is 7.06. The summed E-state index contributed by atoms with van der Waals surface area (Å²) in [4.78, 5) is 24.3. The third kappa shape index (κ3) is 3.82. The van der Waals surface area contributed by atoms with E-state index in [9.17, 15) is 9.59 Å². The SMILES string of the molecule is CCCNC(=O)c1cccc(NC(=O)C2(C)CCNC2)c1. The minimum absolute atomic E-state index is 0.00128. The molecular weight excluding hydrogens is 266 g/mol. The Kier molecular flexibility index (Phi) is 4.96. The number of nitrogens with one attached hydrogen (secondary N) is 3. The monoisotopic (exact) mass is 289 g/mol. The average Bonchev–Trinajstić information content (AvgIpc) is 2.93. The molecule has 1 fully saturated rings. The van der Waals surface area contributed by atoms with E-state index in [1.807, 2.05) is 13.8 Å². The molecule has 5 heteroatoms. The van der Waals surface area contributed by atoms with Gasteiger partial charge in [0.05, 0.1) is 5.41 Å². The third-order valence-corrected chi connectivity index (χ3v) is 3.84. The van der Waals surface area contributed by atoms with Crippen molar-refractivity contribution in [3.8, 4) is 0 Å². The third-order valence-electron chi connectivity index (χ3n) is 3.84. The first-order valence-corrected chi connectivity index (χ1v) is 7.45. The van der Waals surface area contributed by atoms with Crippen LogP contribution in [0.2, 0.25) is 0 Å². The molecule has 1 aliphatic heterocycles. The highest BCUT2D eigenvalue weighted by atomic mass is 16.2. The smallest absolute Gasteiger partial charge is 0.251 e. The number of anilines is 1. The van der Waals surface area contributed by atoms with Gasteiger partial charge < -0.3 is 16.0 Å². The fraction of sp³-hybridized carbons (Fsp3) is 0.500. The van der Waals surface area contributed by atoms with E-state index in [2.05, 4.69) is 16.0 Å². The van der Waals surface area contributed by atoms with Gasteiger partial charge in [-0.3, -0.25) is 9.59 Å². The van der Waals surface area contributed by atoms with Gasteiger partial charge >= 0.3 is 0 Å². The molecule has 0 bridgehead atoms. The van der Waals surface area contributed by atoms with Gasteiger partial charge in [-0.2, -0.15) is 0 Å². The molecule has 3 N–H and O–H groups in total. The van der Waals surface area contributed by atoms with E-state index in [4.69, 9.17) is 0 Å². The predicted octanol–water partition coefficient (Wildman–Crippen LogP) is 1.76. The molecule has 0 radical (unpaired) electrons. The molecule has 0 aliphatic carbocycles. The second kappa shape index (κ2) is 6.72. The lowest BCUT2D eigenvalue weighted by atomic mass is 9.88. The van der Waals surface area contributed by atoms with Crippen molar-refractivity contribution >= 4 is 17.5 Å². The van der Waals surface area contributed by atoms with E-state index in [0.29, 0.717) is 24.3 Å². The number of carbonyl (C=O) groups is 2. The van der Waals surface area contributed by atoms with Crippen molar-refractivity contribution in [1.82, 2.24) is 10.6 Å². The largest absolute Gasteiger partial charge is 0.352 e. The Hall–Kier alpha value is -1.88. The summed E-state index contributed by atoms with van der Waals surface area (Å²) in [5.41, 5.74) is 0.855. The molecule has 1 aliphatic rings. The lowest BCUT2D eigenvalue weighted by Gasteiger charge is -2.21. The minimum Gasteiger partial charge on any atom is -0.352 e. The Bertz CT molecular complexity index is 522. The van der Waals surface area contributed by atoms with Crippen LogP contribution >= 0.6 is 0 Å². The molecular formula is C16H23N3O2. The van der Waals surface area contributed by atoms with Crippen LogP contribution in [0.1, 0.15) is 37.0 Å². The van der Waals surface area contributed by atoms with Gasteiger partial charge in [-0.05, 0) is 44.5 Å². The Morgan fingerprint density at radius 2 is 2.19 bits per heavy atom. The van der Waals surface area contributed by atoms with Gasteiger partial charge in [0.25, 0.3) is 5.91 Å². The Labute approximate surface area is 125 Å². The molecule has 0 aromatic heterocycles. The Morgan fingerprint density at radius 1 is 1.38 bits per heavy atom. The molecule has 1 unspecified atom stereocenters. The average molecular weight is 289 g/mol. The molecule has 5 nitrogen and oxygen atoms in total. The van der Waals surface area contributed by atoms with Crippen molar-refractivity contribution < 1.29 is 9.59 Å². The molecule has 1 atom stereocenters. The van der Waals surface area contributed by atoms with Crippen molar-refractivity contribution in [3.63, 3.8) is 0 Å². The van der Waals surface area contributed by atoms with Crippen molar-refractivity contribution in [1.29, 1.82) is 0 Å². The van der Waals surface area contributed by atoms with Crippen molar-refractivity contribution in [3.05, 3.63) is 29.8 Å². The lowest BCUT2D eigenvalue weighted by molar-refractivity contribution is -0.123. The summed E-state index contributed by atoms with van der Waals surface area (Å²) in [5.74, 6) is -0.111. The van der Waals surface area contributed by atoms with Gasteiger partial charge in [0.15, 0.2) is 0 Å². The van der Waals surface area contributed by atoms with Crippen LogP contribution in [0.15, 0.2) is 24.3 Å². The number of benzene rings is 1. The summed E-state index contributed by atoms with van der Waals surface area (Å²) in [5, 5.41) is 8.95. The highest BCUT2D eigenvalue weighted by molar-refractivity contribution is 5.98. The molecule has 1 aromatic rings. The topological polar surface area (TPSA) is 70.2 Å². The first-order chi connectivity index (χ1) is 10.0. The van der Waals surface area contributed by atoms with Crippen LogP contribution in [0.4, 0.5) is 5.69 Å². The van der Waals surface area contributed by atoms with Crippen LogP contribution in [-0.2, 0) is 4.79 Å². The van der Waals surface area contributed by atoms with Gasteiger partial charge in [-0.1, -0.05) is 13.0 Å². The van der Waals surface area contributed by atoms with Crippen LogP contribution in [0, 0.1) is 5.41 Å². The second-order valence-corrected chi connectivity index (χ2v) is 5.78. The number of hydrogen-bond donors (Lipinski definition) is 3. The second-order valence-electron chi connectivity index (χ2n) is 5.78. The zero-order valence-electron chi connectivity index (χ0n) is 12.7. The van der Waals surface area contributed by atoms with Crippen LogP contribution in [0.25, 0.3) is 0 Å². The van der Waals surface area contributed by atoms with E-state index in [-0.39, 0.29) is 17.2 Å². The highest BCUT2D eigenvalue weighted by Crippen LogP contribution is 2.26. The summed E-state index contributed by atoms with van der Waals surface area (Å²) in [6.45, 7) is 6.17. The van der Waals surface area contributed by atoms with Crippen LogP contribution in [0.3, 0.4) is 0 Å². The summed E-state index contributed by atoms with van der Waals surface area (Å²) in [7, 11) is 0. The van der Waals surface area contributed by atoms with Crippen LogP contribution < -0.4 is 16.0 Å². The molecule has 1 heterocycles. The lowest BCUT2D eigenvalue weighted by Crippen LogP contribution is -2.35. The fourth-order valence-electron chi connectivity index (χ4n) is 2.37. The van der Waals surface area contributed by atoms with Gasteiger partial charge in [-0.15, -0.1) is 0 Å². The van der Waals surface area contributed by atoms with E-state index in [1.165, 1.54) is 0 Å². The van der Waals surface area contributed by atoms with Crippen molar-refractivity contribution in [2.45, 2.75) is 26.7 Å². The summed E-state index contributed by atoms with van der Waals surface area (Å²) < 4.78 is 0. The van der Waals surface area contributed by atoms with E-state index in [1.54, 1.807) is 24.3 Å². The molecule has 21 heavy (non-hydrogen) atoms. The Morgan fingerprint density at radius 3 is 2.86 bits per heavy atom. The maximum Gasteiger partial charge on any atom is 0.251 e. The van der Waals surface area contributed by atoms with Crippen molar-refractivity contribution in [2.24, 2.45) is 5.41 Å². The Balaban J connectivity index is 2.04.